The lowest BCUT2D eigenvalue weighted by Crippen LogP contribution is -2.10. The van der Waals surface area contributed by atoms with Gasteiger partial charge in [-0.1, -0.05) is 6.07 Å². The number of rotatable bonds is 3. The van der Waals surface area contributed by atoms with Crippen molar-refractivity contribution in [3.05, 3.63) is 28.2 Å². The lowest BCUT2D eigenvalue weighted by Gasteiger charge is -2.08. The SMILES string of the molecule is Cc1ccc(NCC(F)F)c(Br)c1. The maximum absolute atomic E-state index is 11.9. The van der Waals surface area contributed by atoms with E-state index in [-0.39, 0.29) is 6.54 Å². The minimum absolute atomic E-state index is 0.318. The summed E-state index contributed by atoms with van der Waals surface area (Å²) < 4.78 is 24.5. The van der Waals surface area contributed by atoms with E-state index in [0.717, 1.165) is 10.0 Å². The molecule has 0 aliphatic rings. The summed E-state index contributed by atoms with van der Waals surface area (Å²) in [6.45, 7) is 1.63. The predicted octanol–water partition coefficient (Wildman–Crippen LogP) is 3.43. The molecule has 0 saturated carbocycles. The molecule has 0 saturated heterocycles. The smallest absolute Gasteiger partial charge is 0.255 e. The van der Waals surface area contributed by atoms with Crippen LogP contribution in [0.5, 0.6) is 0 Å². The monoisotopic (exact) mass is 249 g/mol. The molecule has 0 aliphatic heterocycles. The molecule has 0 fully saturated rings. The molecule has 1 aromatic rings. The van der Waals surface area contributed by atoms with Crippen LogP contribution in [0.25, 0.3) is 0 Å². The van der Waals surface area contributed by atoms with Gasteiger partial charge in [-0.25, -0.2) is 8.78 Å². The molecule has 0 amide bonds. The van der Waals surface area contributed by atoms with E-state index in [0.29, 0.717) is 5.69 Å². The highest BCUT2D eigenvalue weighted by atomic mass is 79.9. The number of halogens is 3. The molecule has 0 spiro atoms. The third kappa shape index (κ3) is 3.30. The Morgan fingerprint density at radius 1 is 1.46 bits per heavy atom. The van der Waals surface area contributed by atoms with E-state index >= 15 is 0 Å². The Hall–Kier alpha value is -0.640. The van der Waals surface area contributed by atoms with Crippen LogP contribution in [0.1, 0.15) is 5.56 Å². The van der Waals surface area contributed by atoms with Crippen molar-refractivity contribution in [2.75, 3.05) is 11.9 Å². The first-order valence-corrected chi connectivity index (χ1v) is 4.67. The minimum atomic E-state index is -2.33. The topological polar surface area (TPSA) is 12.0 Å². The number of hydrogen-bond donors (Lipinski definition) is 1. The van der Waals surface area contributed by atoms with Crippen LogP contribution in [-0.4, -0.2) is 13.0 Å². The second-order valence-corrected chi connectivity index (χ2v) is 3.61. The fourth-order valence-corrected chi connectivity index (χ4v) is 1.58. The lowest BCUT2D eigenvalue weighted by atomic mass is 10.2. The first kappa shape index (κ1) is 10.4. The second kappa shape index (κ2) is 4.56. The fraction of sp³-hybridized carbons (Fsp3) is 0.333. The van der Waals surface area contributed by atoms with Crippen LogP contribution in [0.2, 0.25) is 0 Å². The molecule has 13 heavy (non-hydrogen) atoms. The summed E-state index contributed by atoms with van der Waals surface area (Å²) in [5.74, 6) is 0. The Morgan fingerprint density at radius 3 is 2.69 bits per heavy atom. The second-order valence-electron chi connectivity index (χ2n) is 2.76. The number of aryl methyl sites for hydroxylation is 1. The van der Waals surface area contributed by atoms with Gasteiger partial charge in [-0.05, 0) is 40.5 Å². The van der Waals surface area contributed by atoms with Gasteiger partial charge in [0.05, 0.1) is 6.54 Å². The molecule has 0 unspecified atom stereocenters. The molecule has 0 heterocycles. The first-order valence-electron chi connectivity index (χ1n) is 3.88. The average Bonchev–Trinajstić information content (AvgIpc) is 2.02. The number of alkyl halides is 2. The van der Waals surface area contributed by atoms with Crippen LogP contribution in [0.4, 0.5) is 14.5 Å². The minimum Gasteiger partial charge on any atom is -0.378 e. The van der Waals surface area contributed by atoms with Crippen LogP contribution >= 0.6 is 15.9 Å². The van der Waals surface area contributed by atoms with E-state index in [1.54, 1.807) is 6.07 Å². The van der Waals surface area contributed by atoms with Crippen LogP contribution < -0.4 is 5.32 Å². The Balaban J connectivity index is 2.67. The van der Waals surface area contributed by atoms with Crippen molar-refractivity contribution in [2.45, 2.75) is 13.3 Å². The Kier molecular flexibility index (Phi) is 3.66. The maximum atomic E-state index is 11.9. The molecule has 0 aliphatic carbocycles. The molecule has 1 N–H and O–H groups in total. The summed E-state index contributed by atoms with van der Waals surface area (Å²) in [6.07, 6.45) is -2.33. The maximum Gasteiger partial charge on any atom is 0.255 e. The van der Waals surface area contributed by atoms with E-state index in [4.69, 9.17) is 0 Å². The molecule has 1 nitrogen and oxygen atoms in total. The summed E-state index contributed by atoms with van der Waals surface area (Å²) >= 11 is 3.29. The van der Waals surface area contributed by atoms with Gasteiger partial charge in [-0.3, -0.25) is 0 Å². The van der Waals surface area contributed by atoms with Gasteiger partial charge in [0.25, 0.3) is 6.43 Å². The van der Waals surface area contributed by atoms with Crippen molar-refractivity contribution in [2.24, 2.45) is 0 Å². The molecule has 0 atom stereocenters. The number of benzene rings is 1. The summed E-state index contributed by atoms with van der Waals surface area (Å²) in [6, 6.07) is 5.54. The molecule has 4 heteroatoms. The molecule has 0 radical (unpaired) electrons. The third-order valence-electron chi connectivity index (χ3n) is 1.57. The quantitative estimate of drug-likeness (QED) is 0.866. The van der Waals surface area contributed by atoms with Crippen molar-refractivity contribution in [1.82, 2.24) is 0 Å². The van der Waals surface area contributed by atoms with Gasteiger partial charge in [0.1, 0.15) is 0 Å². The Labute approximate surface area is 84.3 Å². The highest BCUT2D eigenvalue weighted by molar-refractivity contribution is 9.10. The van der Waals surface area contributed by atoms with Crippen LogP contribution in [0.3, 0.4) is 0 Å². The molecule has 1 rings (SSSR count). The van der Waals surface area contributed by atoms with E-state index in [1.807, 2.05) is 19.1 Å². The predicted molar refractivity (Wildman–Crippen MR) is 53.4 cm³/mol. The molecule has 1 aromatic carbocycles. The van der Waals surface area contributed by atoms with Gasteiger partial charge in [0.15, 0.2) is 0 Å². The number of anilines is 1. The highest BCUT2D eigenvalue weighted by Gasteiger charge is 2.03. The highest BCUT2D eigenvalue weighted by Crippen LogP contribution is 2.23. The van der Waals surface area contributed by atoms with Crippen molar-refractivity contribution in [3.63, 3.8) is 0 Å². The van der Waals surface area contributed by atoms with Crippen LogP contribution in [-0.2, 0) is 0 Å². The third-order valence-corrected chi connectivity index (χ3v) is 2.23. The van der Waals surface area contributed by atoms with Crippen molar-refractivity contribution < 1.29 is 8.78 Å². The Bertz CT molecular complexity index is 289. The zero-order valence-electron chi connectivity index (χ0n) is 7.15. The summed E-state index contributed by atoms with van der Waals surface area (Å²) in [5.41, 5.74) is 1.79. The standard InChI is InChI=1S/C9H10BrF2N/c1-6-2-3-8(7(10)4-6)13-5-9(11)12/h2-4,9,13H,5H2,1H3. The van der Waals surface area contributed by atoms with Crippen molar-refractivity contribution >= 4 is 21.6 Å². The Morgan fingerprint density at radius 2 is 2.15 bits per heavy atom. The molecular formula is C9H10BrF2N. The van der Waals surface area contributed by atoms with E-state index in [1.165, 1.54) is 0 Å². The molecule has 72 valence electrons. The van der Waals surface area contributed by atoms with Gasteiger partial charge in [-0.2, -0.15) is 0 Å². The summed E-state index contributed by atoms with van der Waals surface area (Å²) in [5, 5.41) is 2.64. The van der Waals surface area contributed by atoms with Crippen LogP contribution in [0.15, 0.2) is 22.7 Å². The van der Waals surface area contributed by atoms with Crippen molar-refractivity contribution in [1.29, 1.82) is 0 Å². The van der Waals surface area contributed by atoms with E-state index in [9.17, 15) is 8.78 Å². The number of nitrogens with one attached hydrogen (secondary N) is 1. The molecule has 0 aromatic heterocycles. The van der Waals surface area contributed by atoms with Gasteiger partial charge in [0, 0.05) is 10.2 Å². The van der Waals surface area contributed by atoms with Crippen LogP contribution in [0, 0.1) is 6.92 Å². The van der Waals surface area contributed by atoms with E-state index in [2.05, 4.69) is 21.2 Å². The summed E-state index contributed by atoms with van der Waals surface area (Å²) in [7, 11) is 0. The lowest BCUT2D eigenvalue weighted by molar-refractivity contribution is 0.163. The summed E-state index contributed by atoms with van der Waals surface area (Å²) in [4.78, 5) is 0. The zero-order valence-corrected chi connectivity index (χ0v) is 8.74. The largest absolute Gasteiger partial charge is 0.378 e. The van der Waals surface area contributed by atoms with Gasteiger partial charge < -0.3 is 5.32 Å². The zero-order chi connectivity index (χ0) is 9.84. The van der Waals surface area contributed by atoms with Gasteiger partial charge >= 0.3 is 0 Å². The number of hydrogen-bond acceptors (Lipinski definition) is 1. The van der Waals surface area contributed by atoms with Gasteiger partial charge in [-0.15, -0.1) is 0 Å². The van der Waals surface area contributed by atoms with Gasteiger partial charge in [0.2, 0.25) is 0 Å². The van der Waals surface area contributed by atoms with E-state index < -0.39 is 6.43 Å². The first-order chi connectivity index (χ1) is 6.09. The molecule has 0 bridgehead atoms. The average molecular weight is 250 g/mol. The van der Waals surface area contributed by atoms with Crippen molar-refractivity contribution in [3.8, 4) is 0 Å². The normalized spacial score (nSPS) is 10.5. The fourth-order valence-electron chi connectivity index (χ4n) is 0.951. The molecular weight excluding hydrogens is 240 g/mol.